The van der Waals surface area contributed by atoms with Gasteiger partial charge in [-0.1, -0.05) is 72.8 Å². The molecule has 2 unspecified atom stereocenters. The first-order chi connectivity index (χ1) is 26.7. The molecule has 3 fully saturated rings. The van der Waals surface area contributed by atoms with Gasteiger partial charge in [-0.05, 0) is 62.8 Å². The summed E-state index contributed by atoms with van der Waals surface area (Å²) in [4.78, 5) is 24.8. The number of benzene rings is 3. The second-order valence-electron chi connectivity index (χ2n) is 16.1. The molecule has 5 heterocycles. The van der Waals surface area contributed by atoms with Crippen molar-refractivity contribution in [2.24, 2.45) is 13.0 Å². The van der Waals surface area contributed by atoms with E-state index in [2.05, 4.69) is 28.0 Å². The lowest BCUT2D eigenvalue weighted by Gasteiger charge is -2.51. The van der Waals surface area contributed by atoms with Crippen molar-refractivity contribution in [3.05, 3.63) is 102 Å². The van der Waals surface area contributed by atoms with Crippen LogP contribution in [0, 0.1) is 5.92 Å². The van der Waals surface area contributed by atoms with Gasteiger partial charge in [0.15, 0.2) is 0 Å². The van der Waals surface area contributed by atoms with Gasteiger partial charge >= 0.3 is 6.09 Å². The SMILES string of the molecule is Cn1nc(-c2ccc(OCc3ccccc3)nc2OCc2ccccc2)c2cccc(N3CCC(CN4C5COCC4CN(C(=O)OC(C)(C)C)C5)CC3)c21. The van der Waals surface area contributed by atoms with E-state index in [1.165, 1.54) is 5.69 Å². The van der Waals surface area contributed by atoms with Crippen LogP contribution in [-0.2, 0) is 29.7 Å². The summed E-state index contributed by atoms with van der Waals surface area (Å²) in [5, 5.41) is 6.15. The van der Waals surface area contributed by atoms with Crippen molar-refractivity contribution >= 4 is 22.7 Å². The highest BCUT2D eigenvalue weighted by Gasteiger charge is 2.42. The first-order valence-corrected chi connectivity index (χ1v) is 19.6. The summed E-state index contributed by atoms with van der Waals surface area (Å²) in [5.74, 6) is 1.56. The molecule has 0 spiro atoms. The van der Waals surface area contributed by atoms with Crippen LogP contribution in [-0.4, -0.2) is 94.3 Å². The molecule has 2 atom stereocenters. The minimum Gasteiger partial charge on any atom is -0.473 e. The monoisotopic (exact) mass is 744 g/mol. The molecule has 0 N–H and O–H groups in total. The molecule has 3 aliphatic rings. The van der Waals surface area contributed by atoms with Crippen LogP contribution >= 0.6 is 0 Å². The van der Waals surface area contributed by atoms with E-state index in [4.69, 9.17) is 29.0 Å². The zero-order valence-corrected chi connectivity index (χ0v) is 32.4. The lowest BCUT2D eigenvalue weighted by Crippen LogP contribution is -2.66. The molecule has 2 aromatic heterocycles. The minimum absolute atomic E-state index is 0.195. The summed E-state index contributed by atoms with van der Waals surface area (Å²) in [6, 6.07) is 31.0. The van der Waals surface area contributed by atoms with Crippen LogP contribution in [0.2, 0.25) is 0 Å². The number of morpholine rings is 1. The lowest BCUT2D eigenvalue weighted by atomic mass is 9.93. The summed E-state index contributed by atoms with van der Waals surface area (Å²) in [6.07, 6.45) is 1.97. The fourth-order valence-corrected chi connectivity index (χ4v) is 8.18. The van der Waals surface area contributed by atoms with E-state index in [9.17, 15) is 4.79 Å². The molecule has 3 saturated heterocycles. The van der Waals surface area contributed by atoms with Gasteiger partial charge in [-0.3, -0.25) is 9.58 Å². The zero-order valence-electron chi connectivity index (χ0n) is 32.4. The molecule has 0 radical (unpaired) electrons. The van der Waals surface area contributed by atoms with Crippen LogP contribution in [0.5, 0.6) is 11.8 Å². The Morgan fingerprint density at radius 3 is 2.13 bits per heavy atom. The lowest BCUT2D eigenvalue weighted by molar-refractivity contribution is -0.103. The third-order valence-corrected chi connectivity index (χ3v) is 10.9. The molecule has 11 heteroatoms. The van der Waals surface area contributed by atoms with Gasteiger partial charge in [0.1, 0.15) is 24.5 Å². The number of hydrogen-bond acceptors (Lipinski definition) is 9. The smallest absolute Gasteiger partial charge is 0.410 e. The van der Waals surface area contributed by atoms with Gasteiger partial charge in [0, 0.05) is 51.2 Å². The second kappa shape index (κ2) is 15.9. The maximum atomic E-state index is 12.9. The van der Waals surface area contributed by atoms with Crippen LogP contribution in [0.3, 0.4) is 0 Å². The van der Waals surface area contributed by atoms with E-state index >= 15 is 0 Å². The minimum atomic E-state index is -0.504. The Kier molecular flexibility index (Phi) is 10.7. The van der Waals surface area contributed by atoms with Crippen LogP contribution in [0.25, 0.3) is 22.2 Å². The molecular weight excluding hydrogens is 693 g/mol. The van der Waals surface area contributed by atoms with Crippen LogP contribution < -0.4 is 14.4 Å². The third kappa shape index (κ3) is 8.43. The molecule has 0 aliphatic carbocycles. The van der Waals surface area contributed by atoms with Crippen molar-refractivity contribution in [1.82, 2.24) is 24.6 Å². The summed E-state index contributed by atoms with van der Waals surface area (Å²) in [6.45, 7) is 12.1. The van der Waals surface area contributed by atoms with Crippen molar-refractivity contribution in [3.63, 3.8) is 0 Å². The Hall–Kier alpha value is -5.13. The average molecular weight is 745 g/mol. The highest BCUT2D eigenvalue weighted by atomic mass is 16.6. The van der Waals surface area contributed by atoms with E-state index < -0.39 is 5.60 Å². The van der Waals surface area contributed by atoms with Crippen molar-refractivity contribution in [3.8, 4) is 23.0 Å². The van der Waals surface area contributed by atoms with Crippen LogP contribution in [0.4, 0.5) is 10.5 Å². The van der Waals surface area contributed by atoms with Gasteiger partial charge in [-0.15, -0.1) is 0 Å². The maximum Gasteiger partial charge on any atom is 0.410 e. The number of pyridine rings is 1. The number of carbonyl (C=O) groups excluding carboxylic acids is 1. The number of nitrogens with zero attached hydrogens (tertiary/aromatic N) is 6. The number of piperazine rings is 1. The molecule has 0 saturated carbocycles. The molecule has 3 aromatic carbocycles. The number of fused-ring (bicyclic) bond motifs is 3. The van der Waals surface area contributed by atoms with Crippen molar-refractivity contribution in [2.75, 3.05) is 50.8 Å². The van der Waals surface area contributed by atoms with Gasteiger partial charge in [0.05, 0.1) is 42.1 Å². The number of aromatic nitrogens is 3. The number of piperidine rings is 1. The Morgan fingerprint density at radius 1 is 0.818 bits per heavy atom. The summed E-state index contributed by atoms with van der Waals surface area (Å²) >= 11 is 0. The average Bonchev–Trinajstić information content (AvgIpc) is 3.52. The number of ether oxygens (including phenoxy) is 4. The number of carbonyl (C=O) groups is 1. The Labute approximate surface area is 323 Å². The van der Waals surface area contributed by atoms with Gasteiger partial charge in [-0.2, -0.15) is 10.1 Å². The molecule has 5 aromatic rings. The van der Waals surface area contributed by atoms with Crippen molar-refractivity contribution in [2.45, 2.75) is 64.5 Å². The predicted molar refractivity (Wildman–Crippen MR) is 213 cm³/mol. The highest BCUT2D eigenvalue weighted by Crippen LogP contribution is 2.39. The van der Waals surface area contributed by atoms with Gasteiger partial charge < -0.3 is 28.7 Å². The van der Waals surface area contributed by atoms with Crippen molar-refractivity contribution < 1.29 is 23.7 Å². The first-order valence-electron chi connectivity index (χ1n) is 19.6. The quantitative estimate of drug-likeness (QED) is 0.146. The number of aryl methyl sites for hydroxylation is 1. The molecular formula is C44H52N6O5. The molecule has 1 amide bonds. The molecule has 2 bridgehead atoms. The highest BCUT2D eigenvalue weighted by molar-refractivity contribution is 6.01. The fourth-order valence-electron chi connectivity index (χ4n) is 8.18. The molecule has 288 valence electrons. The Bertz CT molecular complexity index is 2060. The largest absolute Gasteiger partial charge is 0.473 e. The van der Waals surface area contributed by atoms with E-state index in [-0.39, 0.29) is 18.2 Å². The number of amides is 1. The fraction of sp³-hybridized carbons (Fsp3) is 0.432. The number of rotatable bonds is 10. The van der Waals surface area contributed by atoms with Crippen LogP contribution in [0.1, 0.15) is 44.7 Å². The Morgan fingerprint density at radius 2 is 1.47 bits per heavy atom. The number of para-hydroxylation sites is 1. The van der Waals surface area contributed by atoms with Gasteiger partial charge in [0.25, 0.3) is 0 Å². The second-order valence-corrected chi connectivity index (χ2v) is 16.1. The van der Waals surface area contributed by atoms with E-state index in [0.717, 1.165) is 65.8 Å². The first kappa shape index (κ1) is 36.8. The summed E-state index contributed by atoms with van der Waals surface area (Å²) in [5.41, 5.74) is 5.57. The zero-order chi connectivity index (χ0) is 37.9. The Balaban J connectivity index is 0.978. The third-order valence-electron chi connectivity index (χ3n) is 10.9. The van der Waals surface area contributed by atoms with Crippen LogP contribution in [0.15, 0.2) is 91.0 Å². The normalized spacial score (nSPS) is 19.4. The predicted octanol–water partition coefficient (Wildman–Crippen LogP) is 7.33. The molecule has 8 rings (SSSR count). The molecule has 55 heavy (non-hydrogen) atoms. The molecule has 3 aliphatic heterocycles. The van der Waals surface area contributed by atoms with Gasteiger partial charge in [0.2, 0.25) is 11.8 Å². The topological polar surface area (TPSA) is 94.4 Å². The maximum absolute atomic E-state index is 12.9. The number of anilines is 1. The molecule has 11 nitrogen and oxygen atoms in total. The van der Waals surface area contributed by atoms with Gasteiger partial charge in [-0.25, -0.2) is 4.79 Å². The number of hydrogen-bond donors (Lipinski definition) is 0. The summed E-state index contributed by atoms with van der Waals surface area (Å²) in [7, 11) is 2.02. The van der Waals surface area contributed by atoms with E-state index in [1.54, 1.807) is 0 Å². The standard InChI is InChI=1S/C44H52N6O5/c1-44(2,3)55-43(51)49-25-34-29-52-30-35(26-49)50(34)24-31-20-22-48(23-21-31)38-17-11-16-36-40(46-47(4)41(36)38)37-18-19-39(53-27-32-12-7-5-8-13-32)45-42(37)54-28-33-14-9-6-10-15-33/h5-19,31,34-35H,20-30H2,1-4H3. The van der Waals surface area contributed by atoms with E-state index in [0.29, 0.717) is 57.2 Å². The van der Waals surface area contributed by atoms with Crippen molar-refractivity contribution in [1.29, 1.82) is 0 Å². The summed E-state index contributed by atoms with van der Waals surface area (Å²) < 4.78 is 26.2. The van der Waals surface area contributed by atoms with E-state index in [1.807, 2.05) is 110 Å².